The summed E-state index contributed by atoms with van der Waals surface area (Å²) >= 11 is 20.7. The van der Waals surface area contributed by atoms with E-state index in [2.05, 4.69) is 12.2 Å². The van der Waals surface area contributed by atoms with Crippen molar-refractivity contribution in [3.05, 3.63) is 33.0 Å². The molecule has 1 saturated carbocycles. The number of aromatic nitrogens is 4. The highest BCUT2D eigenvalue weighted by molar-refractivity contribution is 7.98. The van der Waals surface area contributed by atoms with Crippen LogP contribution in [-0.4, -0.2) is 32.0 Å². The van der Waals surface area contributed by atoms with Gasteiger partial charge in [0.25, 0.3) is 0 Å². The lowest BCUT2D eigenvalue weighted by molar-refractivity contribution is 0.554. The van der Waals surface area contributed by atoms with Crippen LogP contribution in [-0.2, 0) is 0 Å². The molecule has 1 aliphatic carbocycles. The molecule has 0 spiro atoms. The van der Waals surface area contributed by atoms with E-state index < -0.39 is 0 Å². The van der Waals surface area contributed by atoms with Crippen molar-refractivity contribution < 1.29 is 0 Å². The number of halogens is 3. The van der Waals surface area contributed by atoms with Crippen LogP contribution < -0.4 is 5.32 Å². The Hall–Kier alpha value is -1.21. The normalized spacial score (nSPS) is 15.0. The molecular weight excluding hydrogens is 461 g/mol. The molecule has 1 aliphatic rings. The average molecular weight is 485 g/mol. The molecule has 1 fully saturated rings. The minimum absolute atomic E-state index is 0.420. The summed E-state index contributed by atoms with van der Waals surface area (Å²) in [6.07, 6.45) is 8.08. The fraction of sp³-hybridized carbons (Fsp3) is 0.476. The molecule has 0 bridgehead atoms. The molecular formula is C21H24Cl3N5S. The predicted octanol–water partition coefficient (Wildman–Crippen LogP) is 7.19. The van der Waals surface area contributed by atoms with Crippen LogP contribution >= 0.6 is 46.6 Å². The van der Waals surface area contributed by atoms with Gasteiger partial charge in [-0.2, -0.15) is 5.10 Å². The van der Waals surface area contributed by atoms with Gasteiger partial charge in [-0.05, 0) is 50.5 Å². The zero-order chi connectivity index (χ0) is 21.4. The van der Waals surface area contributed by atoms with Crippen molar-refractivity contribution in [1.82, 2.24) is 19.7 Å². The lowest BCUT2D eigenvalue weighted by atomic mass is 10.1. The van der Waals surface area contributed by atoms with E-state index in [1.54, 1.807) is 28.6 Å². The zero-order valence-corrected chi connectivity index (χ0v) is 20.3. The van der Waals surface area contributed by atoms with E-state index in [0.717, 1.165) is 28.6 Å². The van der Waals surface area contributed by atoms with Crippen LogP contribution in [0.15, 0.2) is 17.2 Å². The topological polar surface area (TPSA) is 55.6 Å². The number of rotatable bonds is 8. The minimum atomic E-state index is 0.420. The first-order valence-corrected chi connectivity index (χ1v) is 12.5. The minimum Gasteiger partial charge on any atom is -0.366 e. The van der Waals surface area contributed by atoms with Gasteiger partial charge in [-0.3, -0.25) is 0 Å². The molecule has 1 atom stereocenters. The van der Waals surface area contributed by atoms with E-state index in [1.165, 1.54) is 25.7 Å². The number of hydrogen-bond donors (Lipinski definition) is 1. The Morgan fingerprint density at radius 2 is 1.90 bits per heavy atom. The number of unbranched alkanes of at least 4 members (excludes halogenated alkanes) is 1. The molecule has 5 nitrogen and oxygen atoms in total. The first kappa shape index (κ1) is 22.0. The molecule has 30 heavy (non-hydrogen) atoms. The van der Waals surface area contributed by atoms with E-state index in [1.807, 2.05) is 13.2 Å². The van der Waals surface area contributed by atoms with Crippen LogP contribution in [0.2, 0.25) is 15.1 Å². The lowest BCUT2D eigenvalue weighted by Gasteiger charge is -2.19. The Bertz CT molecular complexity index is 1060. The number of hydrogen-bond acceptors (Lipinski definition) is 5. The van der Waals surface area contributed by atoms with Crippen LogP contribution in [0, 0.1) is 12.8 Å². The Morgan fingerprint density at radius 3 is 2.50 bits per heavy atom. The predicted molar refractivity (Wildman–Crippen MR) is 128 cm³/mol. The van der Waals surface area contributed by atoms with Crippen molar-refractivity contribution in [3.8, 4) is 5.69 Å². The standard InChI is InChI=1S/C21H24Cl3N5S/c1-4-5-6-16(12-7-8-12)27-19-17-20(26-11(2)25-19)29(28-21(17)30-3)18-14(23)9-13(22)10-15(18)24/h9-10,12,16H,4-8H2,1-3H3,(H,25,26,27). The summed E-state index contributed by atoms with van der Waals surface area (Å²) in [7, 11) is 0. The molecule has 1 aromatic carbocycles. The summed E-state index contributed by atoms with van der Waals surface area (Å²) < 4.78 is 1.71. The highest BCUT2D eigenvalue weighted by Gasteiger charge is 2.32. The van der Waals surface area contributed by atoms with Crippen molar-refractivity contribution in [2.45, 2.75) is 57.0 Å². The summed E-state index contributed by atoms with van der Waals surface area (Å²) in [5.41, 5.74) is 1.26. The first-order valence-electron chi connectivity index (χ1n) is 10.2. The number of benzene rings is 1. The largest absolute Gasteiger partial charge is 0.366 e. The van der Waals surface area contributed by atoms with Crippen LogP contribution in [0.3, 0.4) is 0 Å². The number of nitrogens with zero attached hydrogens (tertiary/aromatic N) is 4. The Labute approximate surface area is 195 Å². The van der Waals surface area contributed by atoms with Crippen LogP contribution in [0.1, 0.15) is 44.9 Å². The van der Waals surface area contributed by atoms with Crippen LogP contribution in [0.4, 0.5) is 5.82 Å². The molecule has 4 rings (SSSR count). The molecule has 3 aromatic rings. The van der Waals surface area contributed by atoms with Gasteiger partial charge in [0.05, 0.1) is 15.4 Å². The number of nitrogens with one attached hydrogen (secondary N) is 1. The number of anilines is 1. The van der Waals surface area contributed by atoms with E-state index in [0.29, 0.717) is 38.3 Å². The third-order valence-corrected chi connectivity index (χ3v) is 6.84. The highest BCUT2D eigenvalue weighted by Crippen LogP contribution is 2.40. The second kappa shape index (κ2) is 9.11. The van der Waals surface area contributed by atoms with E-state index in [4.69, 9.17) is 49.9 Å². The van der Waals surface area contributed by atoms with Gasteiger partial charge in [0.15, 0.2) is 5.65 Å². The third-order valence-electron chi connectivity index (χ3n) is 5.38. The van der Waals surface area contributed by atoms with E-state index in [9.17, 15) is 0 Å². The van der Waals surface area contributed by atoms with Crippen LogP contribution in [0.5, 0.6) is 0 Å². The summed E-state index contributed by atoms with van der Waals surface area (Å²) in [6.45, 7) is 4.12. The van der Waals surface area contributed by atoms with E-state index in [-0.39, 0.29) is 0 Å². The molecule has 2 heterocycles. The van der Waals surface area contributed by atoms with Gasteiger partial charge in [0.2, 0.25) is 0 Å². The quantitative estimate of drug-likeness (QED) is 0.343. The van der Waals surface area contributed by atoms with Crippen molar-refractivity contribution >= 4 is 63.4 Å². The molecule has 0 aliphatic heterocycles. The maximum atomic E-state index is 6.50. The maximum absolute atomic E-state index is 6.50. The smallest absolute Gasteiger partial charge is 0.170 e. The monoisotopic (exact) mass is 483 g/mol. The van der Waals surface area contributed by atoms with E-state index >= 15 is 0 Å². The first-order chi connectivity index (χ1) is 14.4. The average Bonchev–Trinajstić information content (AvgIpc) is 3.46. The molecule has 9 heteroatoms. The summed E-state index contributed by atoms with van der Waals surface area (Å²) in [6, 6.07) is 3.75. The molecule has 0 radical (unpaired) electrons. The fourth-order valence-corrected chi connectivity index (χ4v) is 5.29. The SMILES string of the molecule is CCCCC(Nc1nc(C)nc2c1c(SC)nn2-c1c(Cl)cc(Cl)cc1Cl)C1CC1. The summed E-state index contributed by atoms with van der Waals surface area (Å²) in [5, 5.41) is 11.6. The van der Waals surface area contributed by atoms with Gasteiger partial charge in [0.1, 0.15) is 22.4 Å². The molecule has 1 N–H and O–H groups in total. The third kappa shape index (κ3) is 4.38. The van der Waals surface area contributed by atoms with Crippen molar-refractivity contribution in [2.24, 2.45) is 5.92 Å². The van der Waals surface area contributed by atoms with Gasteiger partial charge < -0.3 is 5.32 Å². The van der Waals surface area contributed by atoms with Gasteiger partial charge in [0, 0.05) is 11.1 Å². The fourth-order valence-electron chi connectivity index (χ4n) is 3.76. The van der Waals surface area contributed by atoms with Crippen molar-refractivity contribution in [1.29, 1.82) is 0 Å². The van der Waals surface area contributed by atoms with Gasteiger partial charge in [-0.1, -0.05) is 54.6 Å². The molecule has 160 valence electrons. The Kier molecular flexibility index (Phi) is 6.68. The molecule has 1 unspecified atom stereocenters. The Morgan fingerprint density at radius 1 is 1.20 bits per heavy atom. The summed E-state index contributed by atoms with van der Waals surface area (Å²) in [5.74, 6) is 2.22. The molecule has 0 saturated heterocycles. The van der Waals surface area contributed by atoms with Gasteiger partial charge >= 0.3 is 0 Å². The maximum Gasteiger partial charge on any atom is 0.170 e. The number of aryl methyl sites for hydroxylation is 1. The Balaban J connectivity index is 1.86. The lowest BCUT2D eigenvalue weighted by Crippen LogP contribution is -2.23. The molecule has 0 amide bonds. The highest BCUT2D eigenvalue weighted by atomic mass is 35.5. The zero-order valence-electron chi connectivity index (χ0n) is 17.2. The number of thioether (sulfide) groups is 1. The van der Waals surface area contributed by atoms with Crippen molar-refractivity contribution in [3.63, 3.8) is 0 Å². The number of fused-ring (bicyclic) bond motifs is 1. The van der Waals surface area contributed by atoms with Crippen molar-refractivity contribution in [2.75, 3.05) is 11.6 Å². The van der Waals surface area contributed by atoms with Crippen LogP contribution in [0.25, 0.3) is 16.7 Å². The molecule has 2 aromatic heterocycles. The van der Waals surface area contributed by atoms with Gasteiger partial charge in [-0.15, -0.1) is 11.8 Å². The van der Waals surface area contributed by atoms with Gasteiger partial charge in [-0.25, -0.2) is 14.6 Å². The second-order valence-electron chi connectivity index (χ2n) is 7.69. The summed E-state index contributed by atoms with van der Waals surface area (Å²) in [4.78, 5) is 9.46. The second-order valence-corrected chi connectivity index (χ2v) is 9.73.